The summed E-state index contributed by atoms with van der Waals surface area (Å²) in [7, 11) is 0. The molecule has 0 amide bonds. The van der Waals surface area contributed by atoms with Gasteiger partial charge in [0.1, 0.15) is 0 Å². The van der Waals surface area contributed by atoms with Crippen LogP contribution in [-0.4, -0.2) is 6.04 Å². The van der Waals surface area contributed by atoms with Crippen LogP contribution in [0.1, 0.15) is 42.9 Å². The van der Waals surface area contributed by atoms with Crippen molar-refractivity contribution in [3.63, 3.8) is 0 Å². The molecule has 1 aliphatic rings. The van der Waals surface area contributed by atoms with Crippen LogP contribution in [0.5, 0.6) is 0 Å². The molecule has 0 aliphatic heterocycles. The Morgan fingerprint density at radius 3 is 2.52 bits per heavy atom. The number of hydrogen-bond donors (Lipinski definition) is 1. The fraction of sp³-hybridized carbons (Fsp3) is 0.333. The Morgan fingerprint density at radius 1 is 1.14 bits per heavy atom. The molecule has 0 heterocycles. The fourth-order valence-corrected chi connectivity index (χ4v) is 3.53. The Hall–Kier alpha value is -0.830. The third-order valence-corrected chi connectivity index (χ3v) is 5.06. The standard InChI is InChI=1S/C18H19BrClN/c1-12(14-3-2-4-16(19)9-14)21-18-10-15(11-18)13-5-7-17(20)8-6-13/h2-9,12,15,18,21H,10-11H2,1H3. The van der Waals surface area contributed by atoms with Gasteiger partial charge in [0.05, 0.1) is 0 Å². The first-order chi connectivity index (χ1) is 10.1. The molecule has 21 heavy (non-hydrogen) atoms. The Kier molecular flexibility index (Phi) is 4.68. The molecule has 0 spiro atoms. The van der Waals surface area contributed by atoms with Crippen molar-refractivity contribution in [2.45, 2.75) is 37.8 Å². The zero-order chi connectivity index (χ0) is 14.8. The number of hydrogen-bond acceptors (Lipinski definition) is 1. The summed E-state index contributed by atoms with van der Waals surface area (Å²) < 4.78 is 1.14. The van der Waals surface area contributed by atoms with Crippen LogP contribution in [0, 0.1) is 0 Å². The van der Waals surface area contributed by atoms with Gasteiger partial charge in [0, 0.05) is 21.6 Å². The first-order valence-corrected chi connectivity index (χ1v) is 8.56. The number of benzene rings is 2. The third kappa shape index (κ3) is 3.68. The molecule has 1 fully saturated rings. The minimum Gasteiger partial charge on any atom is -0.307 e. The van der Waals surface area contributed by atoms with Crippen LogP contribution in [0.15, 0.2) is 53.0 Å². The van der Waals surface area contributed by atoms with Crippen molar-refractivity contribution in [2.24, 2.45) is 0 Å². The Morgan fingerprint density at radius 2 is 1.86 bits per heavy atom. The summed E-state index contributed by atoms with van der Waals surface area (Å²) >= 11 is 9.47. The van der Waals surface area contributed by atoms with Gasteiger partial charge in [-0.05, 0) is 61.1 Å². The van der Waals surface area contributed by atoms with Gasteiger partial charge < -0.3 is 5.32 Å². The second-order valence-electron chi connectivity index (χ2n) is 5.86. The molecule has 2 aromatic carbocycles. The van der Waals surface area contributed by atoms with Crippen molar-refractivity contribution in [3.05, 3.63) is 69.2 Å². The molecule has 1 N–H and O–H groups in total. The second kappa shape index (κ2) is 6.51. The first-order valence-electron chi connectivity index (χ1n) is 7.39. The predicted octanol–water partition coefficient (Wildman–Crippen LogP) is 5.70. The Bertz CT molecular complexity index is 605. The van der Waals surface area contributed by atoms with Gasteiger partial charge in [-0.3, -0.25) is 0 Å². The third-order valence-electron chi connectivity index (χ3n) is 4.31. The summed E-state index contributed by atoms with van der Waals surface area (Å²) in [5.74, 6) is 0.675. The molecule has 1 nitrogen and oxygen atoms in total. The molecule has 0 aromatic heterocycles. The average molecular weight is 365 g/mol. The van der Waals surface area contributed by atoms with E-state index in [1.54, 1.807) is 0 Å². The van der Waals surface area contributed by atoms with Crippen molar-refractivity contribution in [2.75, 3.05) is 0 Å². The zero-order valence-corrected chi connectivity index (χ0v) is 14.4. The monoisotopic (exact) mass is 363 g/mol. The molecule has 2 aromatic rings. The van der Waals surface area contributed by atoms with Gasteiger partial charge in [-0.25, -0.2) is 0 Å². The topological polar surface area (TPSA) is 12.0 Å². The molecular formula is C18H19BrClN. The minimum atomic E-state index is 0.388. The van der Waals surface area contributed by atoms with Crippen LogP contribution >= 0.6 is 27.5 Å². The lowest BCUT2D eigenvalue weighted by Crippen LogP contribution is -2.41. The van der Waals surface area contributed by atoms with Gasteiger partial charge in [0.2, 0.25) is 0 Å². The largest absolute Gasteiger partial charge is 0.307 e. The minimum absolute atomic E-state index is 0.388. The van der Waals surface area contributed by atoms with E-state index in [-0.39, 0.29) is 0 Å². The summed E-state index contributed by atoms with van der Waals surface area (Å²) in [5.41, 5.74) is 2.74. The van der Waals surface area contributed by atoms with E-state index in [2.05, 4.69) is 64.6 Å². The maximum Gasteiger partial charge on any atom is 0.0406 e. The molecule has 3 rings (SSSR count). The zero-order valence-electron chi connectivity index (χ0n) is 12.0. The van der Waals surface area contributed by atoms with Crippen molar-refractivity contribution in [3.8, 4) is 0 Å². The lowest BCUT2D eigenvalue weighted by Gasteiger charge is -2.38. The number of nitrogens with one attached hydrogen (secondary N) is 1. The van der Waals surface area contributed by atoms with Gasteiger partial charge in [-0.15, -0.1) is 0 Å². The molecule has 0 bridgehead atoms. The Balaban J connectivity index is 1.54. The van der Waals surface area contributed by atoms with Crippen molar-refractivity contribution in [1.82, 2.24) is 5.32 Å². The van der Waals surface area contributed by atoms with Gasteiger partial charge in [0.15, 0.2) is 0 Å². The van der Waals surface area contributed by atoms with Crippen LogP contribution in [-0.2, 0) is 0 Å². The maximum absolute atomic E-state index is 5.94. The van der Waals surface area contributed by atoms with E-state index in [1.807, 2.05) is 12.1 Å². The van der Waals surface area contributed by atoms with E-state index in [1.165, 1.54) is 24.0 Å². The van der Waals surface area contributed by atoms with Crippen LogP contribution in [0.2, 0.25) is 5.02 Å². The molecule has 1 aliphatic carbocycles. The first kappa shape index (κ1) is 15.1. The summed E-state index contributed by atoms with van der Waals surface area (Å²) in [6.07, 6.45) is 2.42. The van der Waals surface area contributed by atoms with E-state index in [4.69, 9.17) is 11.6 Å². The normalized spacial score (nSPS) is 22.6. The van der Waals surface area contributed by atoms with Crippen molar-refractivity contribution >= 4 is 27.5 Å². The summed E-state index contributed by atoms with van der Waals surface area (Å²) in [6, 6.07) is 17.8. The van der Waals surface area contributed by atoms with E-state index >= 15 is 0 Å². The van der Waals surface area contributed by atoms with E-state index in [0.717, 1.165) is 9.50 Å². The molecule has 1 unspecified atom stereocenters. The van der Waals surface area contributed by atoms with Gasteiger partial charge in [-0.1, -0.05) is 51.8 Å². The van der Waals surface area contributed by atoms with E-state index in [9.17, 15) is 0 Å². The smallest absolute Gasteiger partial charge is 0.0406 e. The highest BCUT2D eigenvalue weighted by molar-refractivity contribution is 9.10. The second-order valence-corrected chi connectivity index (χ2v) is 7.21. The van der Waals surface area contributed by atoms with E-state index in [0.29, 0.717) is 18.0 Å². The van der Waals surface area contributed by atoms with Gasteiger partial charge in [-0.2, -0.15) is 0 Å². The Labute approximate surface area is 139 Å². The molecule has 1 atom stereocenters. The van der Waals surface area contributed by atoms with Crippen molar-refractivity contribution < 1.29 is 0 Å². The molecule has 0 saturated heterocycles. The summed E-state index contributed by atoms with van der Waals surface area (Å²) in [6.45, 7) is 2.23. The van der Waals surface area contributed by atoms with Gasteiger partial charge in [0.25, 0.3) is 0 Å². The lowest BCUT2D eigenvalue weighted by molar-refractivity contribution is 0.271. The summed E-state index contributed by atoms with van der Waals surface area (Å²) in [5, 5.41) is 4.54. The highest BCUT2D eigenvalue weighted by atomic mass is 79.9. The van der Waals surface area contributed by atoms with Crippen LogP contribution in [0.3, 0.4) is 0 Å². The highest BCUT2D eigenvalue weighted by Crippen LogP contribution is 2.38. The van der Waals surface area contributed by atoms with Crippen LogP contribution in [0.25, 0.3) is 0 Å². The van der Waals surface area contributed by atoms with Crippen molar-refractivity contribution in [1.29, 1.82) is 0 Å². The maximum atomic E-state index is 5.94. The van der Waals surface area contributed by atoms with Crippen LogP contribution in [0.4, 0.5) is 0 Å². The van der Waals surface area contributed by atoms with E-state index < -0.39 is 0 Å². The SMILES string of the molecule is CC(NC1CC(c2ccc(Cl)cc2)C1)c1cccc(Br)c1. The van der Waals surface area contributed by atoms with Gasteiger partial charge >= 0.3 is 0 Å². The lowest BCUT2D eigenvalue weighted by atomic mass is 9.75. The fourth-order valence-electron chi connectivity index (χ4n) is 2.99. The van der Waals surface area contributed by atoms with Crippen LogP contribution < -0.4 is 5.32 Å². The predicted molar refractivity (Wildman–Crippen MR) is 92.9 cm³/mol. The molecule has 110 valence electrons. The molecular weight excluding hydrogens is 346 g/mol. The summed E-state index contributed by atoms with van der Waals surface area (Å²) in [4.78, 5) is 0. The quantitative estimate of drug-likeness (QED) is 0.734. The highest BCUT2D eigenvalue weighted by Gasteiger charge is 2.31. The molecule has 0 radical (unpaired) electrons. The number of rotatable bonds is 4. The molecule has 1 saturated carbocycles. The number of halogens is 2. The molecule has 3 heteroatoms. The average Bonchev–Trinajstić information content (AvgIpc) is 2.43.